The van der Waals surface area contributed by atoms with E-state index in [1.54, 1.807) is 12.1 Å². The average molecular weight is 401 g/mol. The number of fused-ring (bicyclic) bond motifs is 1. The van der Waals surface area contributed by atoms with Crippen LogP contribution in [0.25, 0.3) is 6.08 Å². The number of ether oxygens (including phenoxy) is 2. The van der Waals surface area contributed by atoms with Crippen molar-refractivity contribution in [1.82, 2.24) is 10.9 Å². The molecule has 0 spiro atoms. The quantitative estimate of drug-likeness (QED) is 0.571. The summed E-state index contributed by atoms with van der Waals surface area (Å²) in [5.41, 5.74) is 5.09. The molecular weight excluding hydrogens is 384 g/mol. The van der Waals surface area contributed by atoms with E-state index in [0.29, 0.717) is 35.3 Å². The largest absolute Gasteiger partial charge is 0.486 e. The van der Waals surface area contributed by atoms with Crippen molar-refractivity contribution in [3.8, 4) is 11.5 Å². The van der Waals surface area contributed by atoms with Crippen molar-refractivity contribution < 1.29 is 27.5 Å². The fraction of sp³-hybridized carbons (Fsp3) is 0.375. The molecule has 0 radical (unpaired) electrons. The average Bonchev–Trinajstić information content (AvgIpc) is 2.98. The Morgan fingerprint density at radius 1 is 1.19 bits per heavy atom. The van der Waals surface area contributed by atoms with E-state index in [1.807, 2.05) is 0 Å². The van der Waals surface area contributed by atoms with Gasteiger partial charge in [-0.25, -0.2) is 8.42 Å². The van der Waals surface area contributed by atoms with Gasteiger partial charge in [-0.05, 0) is 30.2 Å². The van der Waals surface area contributed by atoms with Crippen molar-refractivity contribution in [3.05, 3.63) is 28.8 Å². The lowest BCUT2D eigenvalue weighted by molar-refractivity contribution is -0.129. The number of hydrazine groups is 1. The van der Waals surface area contributed by atoms with E-state index in [4.69, 9.17) is 21.1 Å². The zero-order valence-corrected chi connectivity index (χ0v) is 15.2. The first kappa shape index (κ1) is 18.5. The van der Waals surface area contributed by atoms with Crippen molar-refractivity contribution in [2.24, 2.45) is 5.92 Å². The second-order valence-corrected chi connectivity index (χ2v) is 8.57. The molecule has 2 heterocycles. The van der Waals surface area contributed by atoms with Gasteiger partial charge in [0.1, 0.15) is 13.2 Å². The predicted molar refractivity (Wildman–Crippen MR) is 94.5 cm³/mol. The molecule has 3 rings (SSSR count). The molecule has 2 aliphatic rings. The fourth-order valence-electron chi connectivity index (χ4n) is 2.67. The van der Waals surface area contributed by atoms with Crippen LogP contribution >= 0.6 is 11.6 Å². The van der Waals surface area contributed by atoms with Crippen LogP contribution in [0.15, 0.2) is 18.2 Å². The maximum atomic E-state index is 11.9. The Balaban J connectivity index is 1.55. The second-order valence-electron chi connectivity index (χ2n) is 5.94. The highest BCUT2D eigenvalue weighted by atomic mass is 35.5. The number of hydrogen-bond donors (Lipinski definition) is 2. The molecule has 0 aliphatic carbocycles. The summed E-state index contributed by atoms with van der Waals surface area (Å²) in [4.78, 5) is 23.7. The lowest BCUT2D eigenvalue weighted by Crippen LogP contribution is -2.44. The van der Waals surface area contributed by atoms with Crippen LogP contribution in [-0.4, -0.2) is 45.0 Å². The Bertz CT molecular complexity index is 868. The summed E-state index contributed by atoms with van der Waals surface area (Å²) < 4.78 is 33.6. The van der Waals surface area contributed by atoms with Gasteiger partial charge in [-0.2, -0.15) is 0 Å². The molecule has 0 bridgehead atoms. The summed E-state index contributed by atoms with van der Waals surface area (Å²) in [6, 6.07) is 3.31. The predicted octanol–water partition coefficient (Wildman–Crippen LogP) is 0.706. The van der Waals surface area contributed by atoms with Crippen LogP contribution in [0.2, 0.25) is 5.02 Å². The van der Waals surface area contributed by atoms with Gasteiger partial charge in [-0.15, -0.1) is 0 Å². The van der Waals surface area contributed by atoms with Crippen molar-refractivity contribution >= 4 is 39.3 Å². The van der Waals surface area contributed by atoms with Gasteiger partial charge in [-0.3, -0.25) is 20.4 Å². The number of amides is 2. The normalized spacial score (nSPS) is 20.7. The maximum absolute atomic E-state index is 11.9. The lowest BCUT2D eigenvalue weighted by Gasteiger charge is -2.19. The summed E-state index contributed by atoms with van der Waals surface area (Å²) in [6.07, 6.45) is 2.98. The fourth-order valence-corrected chi connectivity index (χ4v) is 4.68. The first-order valence-corrected chi connectivity index (χ1v) is 10.1. The van der Waals surface area contributed by atoms with Crippen LogP contribution in [-0.2, 0) is 19.4 Å². The number of nitrogens with one attached hydrogen (secondary N) is 2. The molecule has 1 fully saturated rings. The van der Waals surface area contributed by atoms with Crippen molar-refractivity contribution in [2.45, 2.75) is 6.42 Å². The second kappa shape index (κ2) is 7.55. The summed E-state index contributed by atoms with van der Waals surface area (Å²) in [5, 5.41) is 0.373. The molecular formula is C16H17ClN2O6S. The molecule has 0 unspecified atom stereocenters. The van der Waals surface area contributed by atoms with Gasteiger partial charge in [0.05, 0.1) is 22.4 Å². The summed E-state index contributed by atoms with van der Waals surface area (Å²) >= 11 is 6.12. The Labute approximate surface area is 155 Å². The van der Waals surface area contributed by atoms with Gasteiger partial charge < -0.3 is 9.47 Å². The zero-order chi connectivity index (χ0) is 18.7. The van der Waals surface area contributed by atoms with Crippen molar-refractivity contribution in [2.75, 3.05) is 24.7 Å². The molecule has 2 N–H and O–H groups in total. The minimum atomic E-state index is -3.16. The standard InChI is InChI=1S/C16H17ClN2O6S/c17-12-7-10(8-13-15(12)25-5-4-24-13)1-2-14(20)18-19-16(21)11-3-6-26(22,23)9-11/h1-2,7-8,11H,3-6,9H2,(H,18,20)(H,19,21)/b2-1+/t11-/m1/s1. The number of carbonyl (C=O) groups excluding carboxylic acids is 2. The minimum absolute atomic E-state index is 0.0101. The third kappa shape index (κ3) is 4.47. The number of halogens is 1. The van der Waals surface area contributed by atoms with Crippen LogP contribution in [0.3, 0.4) is 0 Å². The van der Waals surface area contributed by atoms with Crippen LogP contribution in [0.1, 0.15) is 12.0 Å². The Morgan fingerprint density at radius 3 is 2.69 bits per heavy atom. The van der Waals surface area contributed by atoms with Gasteiger partial charge in [0.2, 0.25) is 5.91 Å². The molecule has 2 amide bonds. The third-order valence-electron chi connectivity index (χ3n) is 3.96. The zero-order valence-electron chi connectivity index (χ0n) is 13.7. The molecule has 26 heavy (non-hydrogen) atoms. The van der Waals surface area contributed by atoms with Crippen molar-refractivity contribution in [1.29, 1.82) is 0 Å². The van der Waals surface area contributed by atoms with Crippen molar-refractivity contribution in [3.63, 3.8) is 0 Å². The molecule has 1 aromatic rings. The van der Waals surface area contributed by atoms with E-state index in [2.05, 4.69) is 10.9 Å². The lowest BCUT2D eigenvalue weighted by atomic mass is 10.1. The van der Waals surface area contributed by atoms with E-state index >= 15 is 0 Å². The highest BCUT2D eigenvalue weighted by Crippen LogP contribution is 2.38. The summed E-state index contributed by atoms with van der Waals surface area (Å²) in [5.74, 6) is -0.955. The maximum Gasteiger partial charge on any atom is 0.262 e. The first-order chi connectivity index (χ1) is 12.3. The molecule has 10 heteroatoms. The highest BCUT2D eigenvalue weighted by Gasteiger charge is 2.33. The van der Waals surface area contributed by atoms with E-state index in [0.717, 1.165) is 0 Å². The molecule has 2 aliphatic heterocycles. The third-order valence-corrected chi connectivity index (χ3v) is 6.01. The van der Waals surface area contributed by atoms with Crippen LogP contribution in [0.4, 0.5) is 0 Å². The van der Waals surface area contributed by atoms with E-state index in [-0.39, 0.29) is 17.9 Å². The molecule has 8 nitrogen and oxygen atoms in total. The van der Waals surface area contributed by atoms with E-state index in [9.17, 15) is 18.0 Å². The Hall–Kier alpha value is -2.26. The molecule has 1 atom stereocenters. The smallest absolute Gasteiger partial charge is 0.262 e. The van der Waals surface area contributed by atoms with E-state index < -0.39 is 27.6 Å². The first-order valence-electron chi connectivity index (χ1n) is 7.91. The van der Waals surface area contributed by atoms with Gasteiger partial charge in [0, 0.05) is 6.08 Å². The summed E-state index contributed by atoms with van der Waals surface area (Å²) in [6.45, 7) is 0.839. The highest BCUT2D eigenvalue weighted by molar-refractivity contribution is 7.91. The number of hydrogen-bond acceptors (Lipinski definition) is 6. The topological polar surface area (TPSA) is 111 Å². The van der Waals surface area contributed by atoms with E-state index in [1.165, 1.54) is 12.2 Å². The van der Waals surface area contributed by atoms with Gasteiger partial charge in [0.25, 0.3) is 5.91 Å². The Morgan fingerprint density at radius 2 is 1.96 bits per heavy atom. The molecule has 0 aromatic heterocycles. The molecule has 140 valence electrons. The van der Waals surface area contributed by atoms with Gasteiger partial charge in [0.15, 0.2) is 21.3 Å². The molecule has 1 aromatic carbocycles. The summed E-state index contributed by atoms with van der Waals surface area (Å²) in [7, 11) is -3.16. The van der Waals surface area contributed by atoms with Crippen LogP contribution < -0.4 is 20.3 Å². The SMILES string of the molecule is O=C(/C=C/c1cc(Cl)c2c(c1)OCCO2)NNC(=O)[C@@H]1CCS(=O)(=O)C1. The number of rotatable bonds is 3. The number of sulfone groups is 1. The molecule has 0 saturated carbocycles. The molecule has 1 saturated heterocycles. The Kier molecular flexibility index (Phi) is 5.38. The number of carbonyl (C=O) groups is 2. The number of benzene rings is 1. The minimum Gasteiger partial charge on any atom is -0.486 e. The van der Waals surface area contributed by atoms with Gasteiger partial charge in [-0.1, -0.05) is 11.6 Å². The monoisotopic (exact) mass is 400 g/mol. The van der Waals surface area contributed by atoms with Crippen LogP contribution in [0, 0.1) is 5.92 Å². The van der Waals surface area contributed by atoms with Gasteiger partial charge >= 0.3 is 0 Å². The van der Waals surface area contributed by atoms with Crippen LogP contribution in [0.5, 0.6) is 11.5 Å².